The highest BCUT2D eigenvalue weighted by Crippen LogP contribution is 2.42. The van der Waals surface area contributed by atoms with Gasteiger partial charge in [0, 0.05) is 50.1 Å². The molecule has 290 valence electrons. The summed E-state index contributed by atoms with van der Waals surface area (Å²) in [6.45, 7) is 3.20. The number of hydrogen-bond donors (Lipinski definition) is 2. The van der Waals surface area contributed by atoms with E-state index in [1.54, 1.807) is 20.6 Å². The van der Waals surface area contributed by atoms with Gasteiger partial charge in [0.25, 0.3) is 0 Å². The van der Waals surface area contributed by atoms with Crippen LogP contribution in [0.4, 0.5) is 32.0 Å². The molecule has 4 aromatic rings. The van der Waals surface area contributed by atoms with E-state index in [4.69, 9.17) is 5.73 Å². The smallest absolute Gasteiger partial charge is 0.398 e. The number of carbonyl (C=O) groups excluding carboxylic acids is 2. The number of piperidine rings is 3. The van der Waals surface area contributed by atoms with Gasteiger partial charge in [0.2, 0.25) is 11.8 Å². The van der Waals surface area contributed by atoms with Crippen LogP contribution in [0.25, 0.3) is 21.9 Å². The first kappa shape index (κ1) is 37.7. The third kappa shape index (κ3) is 7.66. The predicted molar refractivity (Wildman–Crippen MR) is 190 cm³/mol. The molecular weight excluding hydrogens is 716 g/mol. The molecule has 0 aliphatic carbocycles. The molecule has 3 aliphatic rings. The second-order valence-electron chi connectivity index (χ2n) is 14.8. The molecule has 3 saturated heterocycles. The van der Waals surface area contributed by atoms with Crippen molar-refractivity contribution in [2.75, 3.05) is 45.0 Å². The molecule has 3 aliphatic heterocycles. The molecular formula is C38H43F6N7O3. The standard InChI is InChI=1S/C38H43F6N7O3/c39-37(40,41)28-19-23(20-29(33(28)45)38(42,43)44)18-24(35(53)50-16-8-25(9-17-50)48-12-4-1-5-13-48)21-32(52)49-14-10-26(11-15-49)51-31-22-46-30-7-3-2-6-27(30)34(31)47-36(51)54/h2-3,6-7,19-20,22,24-26H,1,4-5,8-18,21,45H2,(H,47,54)/t24-/m0/s1. The molecule has 2 aromatic heterocycles. The highest BCUT2D eigenvalue weighted by atomic mass is 19.4. The molecule has 5 heterocycles. The first-order chi connectivity index (χ1) is 25.7. The van der Waals surface area contributed by atoms with Crippen molar-refractivity contribution < 1.29 is 35.9 Å². The van der Waals surface area contributed by atoms with Crippen LogP contribution in [0.3, 0.4) is 0 Å². The lowest BCUT2D eigenvalue weighted by Gasteiger charge is -2.41. The lowest BCUT2D eigenvalue weighted by Crippen LogP contribution is -2.50. The molecule has 0 spiro atoms. The van der Waals surface area contributed by atoms with Crippen LogP contribution in [-0.4, -0.2) is 86.4 Å². The fraction of sp³-hybridized carbons (Fsp3) is 0.526. The average molecular weight is 760 g/mol. The number of para-hydroxylation sites is 1. The Balaban J connectivity index is 1.10. The van der Waals surface area contributed by atoms with E-state index >= 15 is 0 Å². The molecule has 16 heteroatoms. The molecule has 0 radical (unpaired) electrons. The number of halogens is 6. The molecule has 1 atom stereocenters. The molecule has 2 amide bonds. The molecule has 0 saturated carbocycles. The summed E-state index contributed by atoms with van der Waals surface area (Å²) in [5.74, 6) is -2.11. The van der Waals surface area contributed by atoms with Gasteiger partial charge in [-0.25, -0.2) is 4.79 Å². The van der Waals surface area contributed by atoms with E-state index in [2.05, 4.69) is 14.9 Å². The zero-order chi connectivity index (χ0) is 38.4. The van der Waals surface area contributed by atoms with E-state index in [1.165, 1.54) is 6.42 Å². The minimum atomic E-state index is -5.17. The molecule has 3 N–H and O–H groups in total. The number of aromatic amines is 1. The number of fused-ring (bicyclic) bond motifs is 3. The number of carbonyl (C=O) groups is 2. The molecule has 54 heavy (non-hydrogen) atoms. The number of imidazole rings is 1. The van der Waals surface area contributed by atoms with Crippen LogP contribution < -0.4 is 11.4 Å². The maximum atomic E-state index is 14.1. The summed E-state index contributed by atoms with van der Waals surface area (Å²) >= 11 is 0. The number of benzene rings is 2. The maximum Gasteiger partial charge on any atom is 0.418 e. The largest absolute Gasteiger partial charge is 0.418 e. The van der Waals surface area contributed by atoms with E-state index in [-0.39, 0.29) is 36.4 Å². The molecule has 3 fully saturated rings. The maximum absolute atomic E-state index is 14.1. The Labute approximate surface area is 307 Å². The van der Waals surface area contributed by atoms with Crippen LogP contribution >= 0.6 is 0 Å². The number of alkyl halides is 6. The fourth-order valence-electron chi connectivity index (χ4n) is 8.62. The zero-order valence-corrected chi connectivity index (χ0v) is 29.7. The number of H-pyrrole nitrogens is 1. The predicted octanol–water partition coefficient (Wildman–Crippen LogP) is 6.39. The van der Waals surface area contributed by atoms with Crippen LogP contribution in [0.1, 0.15) is 74.1 Å². The Kier molecular flexibility index (Phi) is 10.4. The Morgan fingerprint density at radius 1 is 0.833 bits per heavy atom. The zero-order valence-electron chi connectivity index (χ0n) is 29.7. The number of aromatic nitrogens is 3. The van der Waals surface area contributed by atoms with Gasteiger partial charge in [-0.3, -0.25) is 19.1 Å². The average Bonchev–Trinajstić information content (AvgIpc) is 3.50. The van der Waals surface area contributed by atoms with Crippen molar-refractivity contribution in [3.05, 3.63) is 69.8 Å². The Morgan fingerprint density at radius 2 is 1.43 bits per heavy atom. The van der Waals surface area contributed by atoms with Gasteiger partial charge in [-0.05, 0) is 81.8 Å². The third-order valence-corrected chi connectivity index (χ3v) is 11.4. The van der Waals surface area contributed by atoms with Crippen LogP contribution in [-0.2, 0) is 28.4 Å². The monoisotopic (exact) mass is 759 g/mol. The van der Waals surface area contributed by atoms with E-state index in [0.29, 0.717) is 61.9 Å². The van der Waals surface area contributed by atoms with Gasteiger partial charge < -0.3 is 25.4 Å². The van der Waals surface area contributed by atoms with Crippen molar-refractivity contribution in [1.82, 2.24) is 29.2 Å². The van der Waals surface area contributed by atoms with Crippen LogP contribution in [0.5, 0.6) is 0 Å². The van der Waals surface area contributed by atoms with Crippen LogP contribution in [0.2, 0.25) is 0 Å². The van der Waals surface area contributed by atoms with Crippen molar-refractivity contribution >= 4 is 39.4 Å². The second-order valence-corrected chi connectivity index (χ2v) is 14.8. The topological polar surface area (TPSA) is 121 Å². The molecule has 0 bridgehead atoms. The summed E-state index contributed by atoms with van der Waals surface area (Å²) in [4.78, 5) is 54.1. The summed E-state index contributed by atoms with van der Waals surface area (Å²) < 4.78 is 85.2. The van der Waals surface area contributed by atoms with E-state index in [0.717, 1.165) is 36.8 Å². The second kappa shape index (κ2) is 14.9. The number of nitrogens with one attached hydrogen (secondary N) is 1. The first-order valence-corrected chi connectivity index (χ1v) is 18.5. The number of nitrogens with zero attached hydrogens (tertiary/aromatic N) is 5. The number of hydrogen-bond acceptors (Lipinski definition) is 6. The SMILES string of the molecule is Nc1c(C(F)(F)F)cc(C[C@@H](CC(=O)N2CCC(n3c(=O)[nH]c4c5ccccc5ncc43)CC2)C(=O)N2CCC(N3CCCCC3)CC2)cc1C(F)(F)F. The normalized spacial score (nSPS) is 19.1. The van der Waals surface area contributed by atoms with Gasteiger partial charge in [-0.2, -0.15) is 26.3 Å². The van der Waals surface area contributed by atoms with Gasteiger partial charge in [-0.15, -0.1) is 0 Å². The lowest BCUT2D eigenvalue weighted by molar-refractivity contribution is -0.143. The molecule has 0 unspecified atom stereocenters. The Hall–Kier alpha value is -4.60. The number of anilines is 1. The van der Waals surface area contributed by atoms with Gasteiger partial charge in [-0.1, -0.05) is 24.6 Å². The first-order valence-electron chi connectivity index (χ1n) is 18.5. The van der Waals surface area contributed by atoms with Gasteiger partial charge in [0.15, 0.2) is 0 Å². The van der Waals surface area contributed by atoms with Gasteiger partial charge in [0.05, 0.1) is 45.5 Å². The number of nitrogen functional groups attached to an aromatic ring is 1. The molecule has 2 aromatic carbocycles. The van der Waals surface area contributed by atoms with Crippen LogP contribution in [0.15, 0.2) is 47.4 Å². The van der Waals surface area contributed by atoms with Gasteiger partial charge in [0.1, 0.15) is 0 Å². The fourth-order valence-corrected chi connectivity index (χ4v) is 8.62. The van der Waals surface area contributed by atoms with Crippen molar-refractivity contribution in [1.29, 1.82) is 0 Å². The Bertz CT molecular complexity index is 2040. The minimum Gasteiger partial charge on any atom is -0.398 e. The lowest BCUT2D eigenvalue weighted by atomic mass is 9.90. The number of nitrogens with two attached hydrogens (primary N) is 1. The minimum absolute atomic E-state index is 0.240. The van der Waals surface area contributed by atoms with E-state index < -0.39 is 59.7 Å². The summed E-state index contributed by atoms with van der Waals surface area (Å²) in [5, 5.41) is 0.802. The number of likely N-dealkylation sites (tertiary alicyclic amines) is 3. The summed E-state index contributed by atoms with van der Waals surface area (Å²) in [7, 11) is 0. The van der Waals surface area contributed by atoms with Crippen molar-refractivity contribution in [2.45, 2.75) is 82.2 Å². The highest BCUT2D eigenvalue weighted by Gasteiger charge is 2.42. The third-order valence-electron chi connectivity index (χ3n) is 11.4. The summed E-state index contributed by atoms with van der Waals surface area (Å²) in [5.41, 5.74) is 2.04. The molecule has 10 nitrogen and oxygen atoms in total. The molecule has 7 rings (SSSR count). The Morgan fingerprint density at radius 3 is 2.06 bits per heavy atom. The van der Waals surface area contributed by atoms with Crippen molar-refractivity contribution in [3.63, 3.8) is 0 Å². The number of pyridine rings is 1. The number of amides is 2. The van der Waals surface area contributed by atoms with E-state index in [9.17, 15) is 40.7 Å². The van der Waals surface area contributed by atoms with Crippen molar-refractivity contribution in [2.24, 2.45) is 5.92 Å². The quantitative estimate of drug-likeness (QED) is 0.167. The van der Waals surface area contributed by atoms with Gasteiger partial charge >= 0.3 is 18.0 Å². The summed E-state index contributed by atoms with van der Waals surface area (Å²) in [6.07, 6.45) is -4.02. The summed E-state index contributed by atoms with van der Waals surface area (Å²) in [6, 6.07) is 8.58. The highest BCUT2D eigenvalue weighted by molar-refractivity contribution is 6.01. The van der Waals surface area contributed by atoms with Crippen LogP contribution in [0, 0.1) is 5.92 Å². The van der Waals surface area contributed by atoms with Crippen molar-refractivity contribution in [3.8, 4) is 0 Å². The number of rotatable bonds is 7. The van der Waals surface area contributed by atoms with E-state index in [1.807, 2.05) is 24.3 Å².